The maximum Gasteiger partial charge on any atom is 0.165 e. The van der Waals surface area contributed by atoms with E-state index in [9.17, 15) is 4.79 Å². The summed E-state index contributed by atoms with van der Waals surface area (Å²) in [6.07, 6.45) is 1.85. The van der Waals surface area contributed by atoms with Crippen molar-refractivity contribution < 1.29 is 4.79 Å². The number of hydrogen-bond donors (Lipinski definition) is 0. The van der Waals surface area contributed by atoms with E-state index in [1.807, 2.05) is 12.1 Å². The zero-order chi connectivity index (χ0) is 13.1. The van der Waals surface area contributed by atoms with Gasteiger partial charge in [-0.25, -0.2) is 0 Å². The number of rotatable bonds is 4. The average molecular weight is 232 g/mol. The summed E-state index contributed by atoms with van der Waals surface area (Å²) < 4.78 is 0. The summed E-state index contributed by atoms with van der Waals surface area (Å²) >= 11 is 0. The molecule has 0 amide bonds. The van der Waals surface area contributed by atoms with Crippen LogP contribution < -0.4 is 0 Å². The van der Waals surface area contributed by atoms with E-state index in [0.29, 0.717) is 0 Å². The molecule has 1 nitrogen and oxygen atoms in total. The summed E-state index contributed by atoms with van der Waals surface area (Å²) in [6.45, 7) is 10.7. The summed E-state index contributed by atoms with van der Waals surface area (Å²) in [7, 11) is 0. The molecule has 0 aliphatic carbocycles. The Morgan fingerprint density at radius 2 is 1.53 bits per heavy atom. The van der Waals surface area contributed by atoms with Crippen LogP contribution in [0.25, 0.3) is 0 Å². The fraction of sp³-hybridized carbons (Fsp3) is 0.562. The van der Waals surface area contributed by atoms with Gasteiger partial charge < -0.3 is 0 Å². The van der Waals surface area contributed by atoms with Crippen molar-refractivity contribution in [1.82, 2.24) is 0 Å². The molecule has 0 N–H and O–H groups in total. The highest BCUT2D eigenvalue weighted by molar-refractivity contribution is 5.97. The van der Waals surface area contributed by atoms with E-state index in [4.69, 9.17) is 0 Å². The molecule has 0 radical (unpaired) electrons. The monoisotopic (exact) mass is 232 g/mol. The number of ketones is 1. The van der Waals surface area contributed by atoms with Gasteiger partial charge in [-0.2, -0.15) is 0 Å². The first-order chi connectivity index (χ1) is 7.90. The number of carbonyl (C=O) groups is 1. The van der Waals surface area contributed by atoms with Gasteiger partial charge in [0, 0.05) is 11.5 Å². The van der Waals surface area contributed by atoms with E-state index in [0.717, 1.165) is 18.4 Å². The van der Waals surface area contributed by atoms with Crippen LogP contribution in [0.1, 0.15) is 63.4 Å². The average Bonchev–Trinajstić information content (AvgIpc) is 2.29. The molecule has 0 fully saturated rings. The van der Waals surface area contributed by atoms with E-state index >= 15 is 0 Å². The minimum absolute atomic E-state index is 0.149. The van der Waals surface area contributed by atoms with Gasteiger partial charge in [0.1, 0.15) is 0 Å². The van der Waals surface area contributed by atoms with Crippen molar-refractivity contribution in [3.05, 3.63) is 35.4 Å². The maximum atomic E-state index is 12.2. The highest BCUT2D eigenvalue weighted by Crippen LogP contribution is 2.23. The van der Waals surface area contributed by atoms with Crippen LogP contribution in [0, 0.1) is 5.92 Å². The van der Waals surface area contributed by atoms with Gasteiger partial charge in [-0.15, -0.1) is 0 Å². The fourth-order valence-corrected chi connectivity index (χ4v) is 2.03. The van der Waals surface area contributed by atoms with Gasteiger partial charge in [0.25, 0.3) is 0 Å². The molecular formula is C16H24O. The smallest absolute Gasteiger partial charge is 0.165 e. The molecule has 17 heavy (non-hydrogen) atoms. The van der Waals surface area contributed by atoms with Crippen LogP contribution >= 0.6 is 0 Å². The minimum Gasteiger partial charge on any atom is -0.294 e. The van der Waals surface area contributed by atoms with Crippen molar-refractivity contribution in [1.29, 1.82) is 0 Å². The zero-order valence-electron chi connectivity index (χ0n) is 11.7. The molecule has 0 aliphatic rings. The van der Waals surface area contributed by atoms with Crippen LogP contribution in [0.5, 0.6) is 0 Å². The van der Waals surface area contributed by atoms with Crippen LogP contribution in [0.4, 0.5) is 0 Å². The van der Waals surface area contributed by atoms with Gasteiger partial charge in [0.2, 0.25) is 0 Å². The van der Waals surface area contributed by atoms with Gasteiger partial charge in [0.05, 0.1) is 0 Å². The van der Waals surface area contributed by atoms with E-state index in [-0.39, 0.29) is 17.1 Å². The highest BCUT2D eigenvalue weighted by atomic mass is 16.1. The first-order valence-electron chi connectivity index (χ1n) is 6.54. The maximum absolute atomic E-state index is 12.2. The third-order valence-electron chi connectivity index (χ3n) is 3.39. The Morgan fingerprint density at radius 1 is 1.06 bits per heavy atom. The Morgan fingerprint density at radius 3 is 1.88 bits per heavy atom. The Bertz CT molecular complexity index is 364. The zero-order valence-corrected chi connectivity index (χ0v) is 11.7. The van der Waals surface area contributed by atoms with Crippen molar-refractivity contribution in [2.75, 3.05) is 0 Å². The molecule has 0 saturated heterocycles. The predicted octanol–water partition coefficient (Wildman–Crippen LogP) is 4.60. The number of benzene rings is 1. The topological polar surface area (TPSA) is 17.1 Å². The Hall–Kier alpha value is -1.11. The van der Waals surface area contributed by atoms with Crippen LogP contribution in [0.2, 0.25) is 0 Å². The first-order valence-corrected chi connectivity index (χ1v) is 6.54. The summed E-state index contributed by atoms with van der Waals surface area (Å²) in [5, 5.41) is 0. The van der Waals surface area contributed by atoms with Crippen molar-refractivity contribution in [3.8, 4) is 0 Å². The molecule has 0 spiro atoms. The molecule has 0 aromatic heterocycles. The van der Waals surface area contributed by atoms with Gasteiger partial charge >= 0.3 is 0 Å². The molecule has 1 heteroatoms. The Kier molecular flexibility index (Phi) is 4.50. The summed E-state index contributed by atoms with van der Waals surface area (Å²) in [5.74, 6) is 0.464. The molecule has 0 bridgehead atoms. The Labute approximate surface area is 105 Å². The third-order valence-corrected chi connectivity index (χ3v) is 3.39. The molecule has 94 valence electrons. The van der Waals surface area contributed by atoms with E-state index in [1.165, 1.54) is 5.56 Å². The lowest BCUT2D eigenvalue weighted by Crippen LogP contribution is -2.14. The van der Waals surface area contributed by atoms with Gasteiger partial charge in [-0.1, -0.05) is 58.9 Å². The molecule has 0 unspecified atom stereocenters. The SMILES string of the molecule is CCC(CC)C(=O)c1ccc(C(C)(C)C)cc1. The second kappa shape index (κ2) is 5.48. The highest BCUT2D eigenvalue weighted by Gasteiger charge is 2.18. The second-order valence-electron chi connectivity index (χ2n) is 5.71. The quantitative estimate of drug-likeness (QED) is 0.693. The molecule has 0 aliphatic heterocycles. The van der Waals surface area contributed by atoms with Crippen molar-refractivity contribution >= 4 is 5.78 Å². The predicted molar refractivity (Wildman–Crippen MR) is 73.5 cm³/mol. The minimum atomic E-state index is 0.149. The molecule has 0 atom stereocenters. The van der Waals surface area contributed by atoms with Crippen molar-refractivity contribution in [2.24, 2.45) is 5.92 Å². The standard InChI is InChI=1S/C16H24O/c1-6-12(7-2)15(17)13-8-10-14(11-9-13)16(3,4)5/h8-12H,6-7H2,1-5H3. The van der Waals surface area contributed by atoms with Gasteiger partial charge in [-0.05, 0) is 23.8 Å². The molecule has 1 rings (SSSR count). The largest absolute Gasteiger partial charge is 0.294 e. The van der Waals surface area contributed by atoms with Crippen LogP contribution in [0.3, 0.4) is 0 Å². The van der Waals surface area contributed by atoms with Crippen molar-refractivity contribution in [2.45, 2.75) is 52.9 Å². The summed E-state index contributed by atoms with van der Waals surface area (Å²) in [6, 6.07) is 8.10. The van der Waals surface area contributed by atoms with Crippen LogP contribution in [-0.4, -0.2) is 5.78 Å². The van der Waals surface area contributed by atoms with Crippen LogP contribution in [-0.2, 0) is 5.41 Å². The summed E-state index contributed by atoms with van der Waals surface area (Å²) in [4.78, 5) is 12.2. The number of Topliss-reactive ketones (excluding diaryl/α,β-unsaturated/α-hetero) is 1. The molecular weight excluding hydrogens is 208 g/mol. The second-order valence-corrected chi connectivity index (χ2v) is 5.71. The first kappa shape index (κ1) is 14.0. The third kappa shape index (κ3) is 3.42. The van der Waals surface area contributed by atoms with E-state index in [2.05, 4.69) is 46.8 Å². The molecule has 0 saturated carbocycles. The molecule has 1 aromatic carbocycles. The van der Waals surface area contributed by atoms with E-state index in [1.54, 1.807) is 0 Å². The normalized spacial score (nSPS) is 11.9. The molecule has 1 aromatic rings. The van der Waals surface area contributed by atoms with Crippen LogP contribution in [0.15, 0.2) is 24.3 Å². The summed E-state index contributed by atoms with van der Waals surface area (Å²) in [5.41, 5.74) is 2.28. The lowest BCUT2D eigenvalue weighted by Gasteiger charge is -2.19. The Balaban J connectivity index is 2.91. The lowest BCUT2D eigenvalue weighted by atomic mass is 9.85. The van der Waals surface area contributed by atoms with Gasteiger partial charge in [0.15, 0.2) is 5.78 Å². The number of hydrogen-bond acceptors (Lipinski definition) is 1. The molecule has 0 heterocycles. The number of carbonyl (C=O) groups excluding carboxylic acids is 1. The van der Waals surface area contributed by atoms with E-state index < -0.39 is 0 Å². The lowest BCUT2D eigenvalue weighted by molar-refractivity contribution is 0.0913. The van der Waals surface area contributed by atoms with Crippen molar-refractivity contribution in [3.63, 3.8) is 0 Å². The fourth-order valence-electron chi connectivity index (χ4n) is 2.03. The van der Waals surface area contributed by atoms with Gasteiger partial charge in [-0.3, -0.25) is 4.79 Å².